The van der Waals surface area contributed by atoms with E-state index >= 15 is 0 Å². The van der Waals surface area contributed by atoms with Crippen molar-refractivity contribution in [2.24, 2.45) is 0 Å². The van der Waals surface area contributed by atoms with Crippen molar-refractivity contribution in [2.45, 2.75) is 38.5 Å². The van der Waals surface area contributed by atoms with Gasteiger partial charge in [0.05, 0.1) is 30.1 Å². The summed E-state index contributed by atoms with van der Waals surface area (Å²) < 4.78 is 5.20. The van der Waals surface area contributed by atoms with Crippen molar-refractivity contribution in [3.8, 4) is 23.2 Å². The minimum absolute atomic E-state index is 0.0564. The number of fused-ring (bicyclic) bond motifs is 1. The number of hydrogen-bond acceptors (Lipinski definition) is 7. The zero-order valence-electron chi connectivity index (χ0n) is 21.8. The van der Waals surface area contributed by atoms with E-state index in [0.29, 0.717) is 11.4 Å². The Labute approximate surface area is 222 Å². The molecule has 1 saturated heterocycles. The molecule has 1 fully saturated rings. The van der Waals surface area contributed by atoms with Crippen LogP contribution < -0.4 is 9.64 Å². The number of nitriles is 1. The molecule has 6 rings (SSSR count). The van der Waals surface area contributed by atoms with E-state index in [1.165, 1.54) is 5.57 Å². The quantitative estimate of drug-likeness (QED) is 0.404. The number of piperidine rings is 1. The number of benzene rings is 1. The standard InChI is InChI=1S/C30H29N7O/c1-19-27(22-8-9-26(38-3)32-17-22)36-29(35-19)30(2)10-12-37(13-11-30)28-24-14-23(15-25(24)33-18-34-28)21-6-4-20(16-31)5-7-21/h4-9,14,17-18H,10-13,15H2,1-3H3,(H,35,36). The number of anilines is 1. The summed E-state index contributed by atoms with van der Waals surface area (Å²) in [5.74, 6) is 2.62. The Morgan fingerprint density at radius 1 is 1.03 bits per heavy atom. The Balaban J connectivity index is 1.21. The first kappa shape index (κ1) is 23.9. The summed E-state index contributed by atoms with van der Waals surface area (Å²) in [7, 11) is 1.62. The molecule has 1 aliphatic carbocycles. The minimum Gasteiger partial charge on any atom is -0.481 e. The molecule has 190 valence electrons. The van der Waals surface area contributed by atoms with Crippen LogP contribution in [-0.4, -0.2) is 45.1 Å². The third-order valence-corrected chi connectivity index (χ3v) is 7.85. The molecule has 4 aromatic rings. The monoisotopic (exact) mass is 503 g/mol. The summed E-state index contributed by atoms with van der Waals surface area (Å²) in [6.45, 7) is 6.14. The second-order valence-corrected chi connectivity index (χ2v) is 10.3. The lowest BCUT2D eigenvalue weighted by Crippen LogP contribution is -2.42. The SMILES string of the molecule is COc1ccc(-c2nc(C3(C)CCN(c4ncnc5c4C=C(c4ccc(C#N)cc4)C5)CC3)[nH]c2C)cn1. The van der Waals surface area contributed by atoms with Crippen LogP contribution in [-0.2, 0) is 11.8 Å². The van der Waals surface area contributed by atoms with Crippen molar-refractivity contribution >= 4 is 17.5 Å². The van der Waals surface area contributed by atoms with E-state index in [-0.39, 0.29) is 5.41 Å². The molecule has 4 heterocycles. The summed E-state index contributed by atoms with van der Waals surface area (Å²) in [6.07, 6.45) is 8.41. The van der Waals surface area contributed by atoms with Crippen LogP contribution >= 0.6 is 0 Å². The third kappa shape index (κ3) is 4.20. The van der Waals surface area contributed by atoms with Gasteiger partial charge in [-0.25, -0.2) is 19.9 Å². The molecule has 8 heteroatoms. The highest BCUT2D eigenvalue weighted by atomic mass is 16.5. The number of ether oxygens (including phenoxy) is 1. The summed E-state index contributed by atoms with van der Waals surface area (Å²) in [4.78, 5) is 24.6. The van der Waals surface area contributed by atoms with Crippen LogP contribution in [0.3, 0.4) is 0 Å². The lowest BCUT2D eigenvalue weighted by Gasteiger charge is -2.39. The zero-order valence-corrected chi connectivity index (χ0v) is 21.8. The van der Waals surface area contributed by atoms with Gasteiger partial charge in [-0.1, -0.05) is 19.1 Å². The van der Waals surface area contributed by atoms with Gasteiger partial charge in [-0.3, -0.25) is 0 Å². The van der Waals surface area contributed by atoms with Crippen LogP contribution in [0.1, 0.15) is 53.7 Å². The third-order valence-electron chi connectivity index (χ3n) is 7.85. The molecular weight excluding hydrogens is 474 g/mol. The number of nitrogens with zero attached hydrogens (tertiary/aromatic N) is 6. The fraction of sp³-hybridized carbons (Fsp3) is 0.300. The van der Waals surface area contributed by atoms with E-state index in [0.717, 1.165) is 77.8 Å². The molecule has 0 radical (unpaired) electrons. The van der Waals surface area contributed by atoms with Crippen LogP contribution in [0.4, 0.5) is 5.82 Å². The van der Waals surface area contributed by atoms with E-state index in [1.807, 2.05) is 42.6 Å². The van der Waals surface area contributed by atoms with Gasteiger partial charge in [0.25, 0.3) is 0 Å². The van der Waals surface area contributed by atoms with Gasteiger partial charge >= 0.3 is 0 Å². The van der Waals surface area contributed by atoms with Crippen molar-refractivity contribution in [2.75, 3.05) is 25.1 Å². The predicted octanol–water partition coefficient (Wildman–Crippen LogP) is 5.11. The van der Waals surface area contributed by atoms with Crippen molar-refractivity contribution in [3.63, 3.8) is 0 Å². The fourth-order valence-corrected chi connectivity index (χ4v) is 5.43. The van der Waals surface area contributed by atoms with Crippen molar-refractivity contribution in [1.29, 1.82) is 5.26 Å². The lowest BCUT2D eigenvalue weighted by molar-refractivity contribution is 0.345. The number of aryl methyl sites for hydroxylation is 1. The Kier molecular flexibility index (Phi) is 5.91. The number of nitrogens with one attached hydrogen (secondary N) is 1. The topological polar surface area (TPSA) is 104 Å². The molecule has 0 saturated carbocycles. The summed E-state index contributed by atoms with van der Waals surface area (Å²) in [6, 6.07) is 13.8. The highest BCUT2D eigenvalue weighted by Crippen LogP contribution is 2.40. The zero-order chi connectivity index (χ0) is 26.3. The van der Waals surface area contributed by atoms with E-state index in [1.54, 1.807) is 13.4 Å². The maximum Gasteiger partial charge on any atom is 0.212 e. The predicted molar refractivity (Wildman–Crippen MR) is 147 cm³/mol. The molecule has 0 atom stereocenters. The van der Waals surface area contributed by atoms with Crippen molar-refractivity contribution in [1.82, 2.24) is 24.9 Å². The van der Waals surface area contributed by atoms with Crippen molar-refractivity contribution < 1.29 is 4.74 Å². The molecule has 1 N–H and O–H groups in total. The molecule has 38 heavy (non-hydrogen) atoms. The van der Waals surface area contributed by atoms with E-state index in [9.17, 15) is 0 Å². The molecule has 0 bridgehead atoms. The molecule has 0 unspecified atom stereocenters. The Morgan fingerprint density at radius 3 is 2.47 bits per heavy atom. The van der Waals surface area contributed by atoms with Gasteiger partial charge in [0.1, 0.15) is 18.0 Å². The minimum atomic E-state index is -0.0564. The Bertz CT molecular complexity index is 1550. The molecule has 3 aromatic heterocycles. The highest BCUT2D eigenvalue weighted by Gasteiger charge is 2.36. The summed E-state index contributed by atoms with van der Waals surface area (Å²) >= 11 is 0. The van der Waals surface area contributed by atoms with Gasteiger partial charge in [0.2, 0.25) is 5.88 Å². The second kappa shape index (κ2) is 9.42. The van der Waals surface area contributed by atoms with E-state index in [2.05, 4.69) is 45.8 Å². The maximum atomic E-state index is 9.11. The number of imidazole rings is 1. The average molecular weight is 504 g/mol. The smallest absolute Gasteiger partial charge is 0.212 e. The first-order valence-electron chi connectivity index (χ1n) is 12.8. The fourth-order valence-electron chi connectivity index (χ4n) is 5.43. The summed E-state index contributed by atoms with van der Waals surface area (Å²) in [5.41, 5.74) is 8.07. The van der Waals surface area contributed by atoms with E-state index in [4.69, 9.17) is 20.0 Å². The maximum absolute atomic E-state index is 9.11. The first-order chi connectivity index (χ1) is 18.5. The molecule has 0 spiro atoms. The van der Waals surface area contributed by atoms with E-state index < -0.39 is 0 Å². The number of pyridine rings is 1. The number of aromatic nitrogens is 5. The number of allylic oxidation sites excluding steroid dienone is 1. The summed E-state index contributed by atoms with van der Waals surface area (Å²) in [5, 5.41) is 9.11. The number of H-pyrrole nitrogens is 1. The molecule has 8 nitrogen and oxygen atoms in total. The average Bonchev–Trinajstić information content (AvgIpc) is 3.58. The van der Waals surface area contributed by atoms with Crippen LogP contribution in [0.25, 0.3) is 22.9 Å². The Morgan fingerprint density at radius 2 is 1.79 bits per heavy atom. The molecular formula is C30H29N7O. The van der Waals surface area contributed by atoms with Gasteiger partial charge in [-0.2, -0.15) is 5.26 Å². The van der Waals surface area contributed by atoms with Crippen LogP contribution in [0.2, 0.25) is 0 Å². The van der Waals surface area contributed by atoms with Gasteiger partial charge in [0, 0.05) is 54.0 Å². The van der Waals surface area contributed by atoms with Gasteiger partial charge in [0.15, 0.2) is 0 Å². The van der Waals surface area contributed by atoms with Gasteiger partial charge in [-0.05, 0) is 55.2 Å². The lowest BCUT2D eigenvalue weighted by atomic mass is 9.79. The first-order valence-corrected chi connectivity index (χ1v) is 12.8. The van der Waals surface area contributed by atoms with Crippen LogP contribution in [0.15, 0.2) is 48.9 Å². The molecule has 1 aromatic carbocycles. The molecule has 1 aliphatic heterocycles. The van der Waals surface area contributed by atoms with Crippen LogP contribution in [0.5, 0.6) is 5.88 Å². The number of methoxy groups -OCH3 is 1. The Hall–Kier alpha value is -4.51. The largest absolute Gasteiger partial charge is 0.481 e. The van der Waals surface area contributed by atoms with Gasteiger partial charge < -0.3 is 14.6 Å². The van der Waals surface area contributed by atoms with Gasteiger partial charge in [-0.15, -0.1) is 0 Å². The van der Waals surface area contributed by atoms with Crippen LogP contribution in [0, 0.1) is 18.3 Å². The number of rotatable bonds is 5. The molecule has 2 aliphatic rings. The van der Waals surface area contributed by atoms with Crippen molar-refractivity contribution in [3.05, 3.63) is 82.8 Å². The normalized spacial score (nSPS) is 16.1. The second-order valence-electron chi connectivity index (χ2n) is 10.3. The molecule has 0 amide bonds. The highest BCUT2D eigenvalue weighted by molar-refractivity contribution is 5.91. The number of hydrogen-bond donors (Lipinski definition) is 1. The number of aromatic amines is 1.